The molecular formula is C7H10NO2. The number of carbonyl (C=O) groups excluding carboxylic acids is 1. The average Bonchev–Trinajstić information content (AvgIpc) is 2.48. The summed E-state index contributed by atoms with van der Waals surface area (Å²) in [5.74, 6) is -0.0197. The van der Waals surface area contributed by atoms with Crippen LogP contribution in [0, 0.1) is 5.41 Å². The number of ether oxygens (including phenoxy) is 1. The maximum absolute atomic E-state index is 11.1. The van der Waals surface area contributed by atoms with Crippen LogP contribution in [0.2, 0.25) is 0 Å². The summed E-state index contributed by atoms with van der Waals surface area (Å²) < 4.78 is 4.89. The number of carbonyl (C=O) groups is 1. The van der Waals surface area contributed by atoms with E-state index in [9.17, 15) is 4.79 Å². The minimum atomic E-state index is -0.181. The third-order valence-electron chi connectivity index (χ3n) is 2.41. The molecule has 0 saturated carbocycles. The SMILES string of the molecule is O=C1OCCC12CC[N]C2. The van der Waals surface area contributed by atoms with E-state index in [2.05, 4.69) is 5.32 Å². The van der Waals surface area contributed by atoms with Gasteiger partial charge in [-0.05, 0) is 12.8 Å². The Hall–Kier alpha value is -0.570. The zero-order valence-corrected chi connectivity index (χ0v) is 5.80. The average molecular weight is 140 g/mol. The van der Waals surface area contributed by atoms with Gasteiger partial charge in [-0.15, -0.1) is 0 Å². The molecule has 0 aromatic carbocycles. The minimum absolute atomic E-state index is 0.0197. The Kier molecular flexibility index (Phi) is 1.20. The summed E-state index contributed by atoms with van der Waals surface area (Å²) in [6.45, 7) is 2.15. The van der Waals surface area contributed by atoms with Gasteiger partial charge in [0.1, 0.15) is 0 Å². The fourth-order valence-electron chi connectivity index (χ4n) is 1.63. The van der Waals surface area contributed by atoms with Crippen LogP contribution in [0.3, 0.4) is 0 Å². The van der Waals surface area contributed by atoms with E-state index in [-0.39, 0.29) is 11.4 Å². The van der Waals surface area contributed by atoms with Crippen molar-refractivity contribution in [2.75, 3.05) is 19.7 Å². The van der Waals surface area contributed by atoms with Gasteiger partial charge >= 0.3 is 5.97 Å². The van der Waals surface area contributed by atoms with Gasteiger partial charge in [-0.2, -0.15) is 0 Å². The summed E-state index contributed by atoms with van der Waals surface area (Å²) in [5.41, 5.74) is -0.181. The lowest BCUT2D eigenvalue weighted by Gasteiger charge is -2.13. The molecule has 0 aromatic rings. The summed E-state index contributed by atoms with van der Waals surface area (Å²) >= 11 is 0. The zero-order valence-electron chi connectivity index (χ0n) is 5.80. The third kappa shape index (κ3) is 0.669. The molecule has 1 spiro atoms. The number of esters is 1. The number of hydrogen-bond acceptors (Lipinski definition) is 2. The Bertz CT molecular complexity index is 155. The largest absolute Gasteiger partial charge is 0.465 e. The lowest BCUT2D eigenvalue weighted by molar-refractivity contribution is -0.145. The highest BCUT2D eigenvalue weighted by Gasteiger charge is 2.46. The van der Waals surface area contributed by atoms with Crippen LogP contribution < -0.4 is 5.32 Å². The first-order chi connectivity index (χ1) is 4.83. The number of hydrogen-bond donors (Lipinski definition) is 0. The molecule has 1 atom stereocenters. The Balaban J connectivity index is 2.19. The lowest BCUT2D eigenvalue weighted by atomic mass is 9.86. The second kappa shape index (κ2) is 1.95. The second-order valence-corrected chi connectivity index (χ2v) is 3.02. The van der Waals surface area contributed by atoms with Crippen LogP contribution in [0.4, 0.5) is 0 Å². The quantitative estimate of drug-likeness (QED) is 0.442. The number of rotatable bonds is 0. The Morgan fingerprint density at radius 3 is 2.90 bits per heavy atom. The van der Waals surface area contributed by atoms with Crippen molar-refractivity contribution >= 4 is 5.97 Å². The first kappa shape index (κ1) is 6.16. The van der Waals surface area contributed by atoms with E-state index in [1.165, 1.54) is 0 Å². The molecule has 2 fully saturated rings. The maximum atomic E-state index is 11.1. The molecule has 2 heterocycles. The van der Waals surface area contributed by atoms with Crippen molar-refractivity contribution in [1.29, 1.82) is 0 Å². The molecule has 0 aliphatic carbocycles. The van der Waals surface area contributed by atoms with Gasteiger partial charge in [-0.1, -0.05) is 0 Å². The van der Waals surface area contributed by atoms with Crippen LogP contribution in [0.5, 0.6) is 0 Å². The molecular weight excluding hydrogens is 130 g/mol. The van der Waals surface area contributed by atoms with Crippen molar-refractivity contribution in [2.24, 2.45) is 5.41 Å². The molecule has 2 rings (SSSR count). The van der Waals surface area contributed by atoms with Crippen LogP contribution in [-0.4, -0.2) is 25.7 Å². The molecule has 0 bridgehead atoms. The van der Waals surface area contributed by atoms with Crippen molar-refractivity contribution in [3.05, 3.63) is 0 Å². The van der Waals surface area contributed by atoms with Gasteiger partial charge < -0.3 is 4.74 Å². The fourth-order valence-corrected chi connectivity index (χ4v) is 1.63. The molecule has 2 aliphatic rings. The molecule has 55 valence electrons. The predicted octanol–water partition coefficient (Wildman–Crippen LogP) is -0.0722. The molecule has 0 aromatic heterocycles. The van der Waals surface area contributed by atoms with Crippen LogP contribution in [0.25, 0.3) is 0 Å². The van der Waals surface area contributed by atoms with Crippen molar-refractivity contribution in [1.82, 2.24) is 5.32 Å². The highest BCUT2D eigenvalue weighted by atomic mass is 16.5. The van der Waals surface area contributed by atoms with E-state index >= 15 is 0 Å². The second-order valence-electron chi connectivity index (χ2n) is 3.02. The summed E-state index contributed by atoms with van der Waals surface area (Å²) in [7, 11) is 0. The first-order valence-corrected chi connectivity index (χ1v) is 3.64. The van der Waals surface area contributed by atoms with Crippen molar-refractivity contribution in [3.8, 4) is 0 Å². The zero-order chi connectivity index (χ0) is 7.03. The summed E-state index contributed by atoms with van der Waals surface area (Å²) in [6.07, 6.45) is 1.79. The van der Waals surface area contributed by atoms with Crippen molar-refractivity contribution in [3.63, 3.8) is 0 Å². The standard InChI is InChI=1S/C7H10NO2/c9-6-7(2-4-10-6)1-3-8-5-7/h1-5H2. The Labute approximate surface area is 59.7 Å². The summed E-state index contributed by atoms with van der Waals surface area (Å²) in [6, 6.07) is 0. The van der Waals surface area contributed by atoms with Crippen molar-refractivity contribution < 1.29 is 9.53 Å². The van der Waals surface area contributed by atoms with Gasteiger partial charge in [0.25, 0.3) is 0 Å². The van der Waals surface area contributed by atoms with Gasteiger partial charge in [-0.3, -0.25) is 4.79 Å². The predicted molar refractivity (Wildman–Crippen MR) is 34.5 cm³/mol. The smallest absolute Gasteiger partial charge is 0.313 e. The molecule has 1 unspecified atom stereocenters. The Morgan fingerprint density at radius 2 is 2.40 bits per heavy atom. The number of nitrogens with zero attached hydrogens (tertiary/aromatic N) is 1. The minimum Gasteiger partial charge on any atom is -0.465 e. The van der Waals surface area contributed by atoms with Crippen LogP contribution in [-0.2, 0) is 9.53 Å². The highest BCUT2D eigenvalue weighted by molar-refractivity contribution is 5.79. The molecule has 3 nitrogen and oxygen atoms in total. The van der Waals surface area contributed by atoms with Gasteiger partial charge in [0.05, 0.1) is 12.0 Å². The normalized spacial score (nSPS) is 39.0. The van der Waals surface area contributed by atoms with E-state index in [1.807, 2.05) is 0 Å². The molecule has 2 saturated heterocycles. The van der Waals surface area contributed by atoms with Crippen LogP contribution in [0.1, 0.15) is 12.8 Å². The highest BCUT2D eigenvalue weighted by Crippen LogP contribution is 2.36. The van der Waals surface area contributed by atoms with E-state index < -0.39 is 0 Å². The molecule has 0 N–H and O–H groups in total. The van der Waals surface area contributed by atoms with E-state index in [0.717, 1.165) is 19.4 Å². The van der Waals surface area contributed by atoms with Crippen molar-refractivity contribution in [2.45, 2.75) is 12.8 Å². The molecule has 3 heteroatoms. The van der Waals surface area contributed by atoms with E-state index in [4.69, 9.17) is 4.74 Å². The van der Waals surface area contributed by atoms with Gasteiger partial charge in [-0.25, -0.2) is 5.32 Å². The summed E-state index contributed by atoms with van der Waals surface area (Å²) in [5, 5.41) is 4.17. The summed E-state index contributed by atoms with van der Waals surface area (Å²) in [4.78, 5) is 11.1. The Morgan fingerprint density at radius 1 is 1.50 bits per heavy atom. The van der Waals surface area contributed by atoms with E-state index in [1.54, 1.807) is 0 Å². The van der Waals surface area contributed by atoms with Gasteiger partial charge in [0.2, 0.25) is 0 Å². The molecule has 0 amide bonds. The van der Waals surface area contributed by atoms with Crippen LogP contribution in [0.15, 0.2) is 0 Å². The fraction of sp³-hybridized carbons (Fsp3) is 0.857. The maximum Gasteiger partial charge on any atom is 0.313 e. The van der Waals surface area contributed by atoms with E-state index in [0.29, 0.717) is 13.2 Å². The molecule has 10 heavy (non-hydrogen) atoms. The first-order valence-electron chi connectivity index (χ1n) is 3.64. The van der Waals surface area contributed by atoms with Gasteiger partial charge in [0.15, 0.2) is 0 Å². The molecule has 1 radical (unpaired) electrons. The third-order valence-corrected chi connectivity index (χ3v) is 2.41. The molecule has 2 aliphatic heterocycles. The number of cyclic esters (lactones) is 1. The van der Waals surface area contributed by atoms with Crippen LogP contribution >= 0.6 is 0 Å². The van der Waals surface area contributed by atoms with Gasteiger partial charge in [0, 0.05) is 13.1 Å². The monoisotopic (exact) mass is 140 g/mol. The lowest BCUT2D eigenvalue weighted by Crippen LogP contribution is -2.27. The topological polar surface area (TPSA) is 40.4 Å².